The lowest BCUT2D eigenvalue weighted by Gasteiger charge is -2.25. The zero-order valence-electron chi connectivity index (χ0n) is 9.51. The first-order valence-electron chi connectivity index (χ1n) is 5.51. The molecule has 7 heteroatoms. The quantitative estimate of drug-likeness (QED) is 0.535. The second-order valence-corrected chi connectivity index (χ2v) is 7.49. The van der Waals surface area contributed by atoms with Gasteiger partial charge in [0.25, 0.3) is 0 Å². The van der Waals surface area contributed by atoms with Crippen molar-refractivity contribution in [3.8, 4) is 0 Å². The normalized spacial score (nSPS) is 17.1. The predicted molar refractivity (Wildman–Crippen MR) is 78.3 cm³/mol. The van der Waals surface area contributed by atoms with Crippen molar-refractivity contribution < 1.29 is 9.53 Å². The molecule has 19 heavy (non-hydrogen) atoms. The van der Waals surface area contributed by atoms with Crippen molar-refractivity contribution in [1.82, 2.24) is 0 Å². The molecule has 2 nitrogen and oxygen atoms in total. The molecule has 1 saturated carbocycles. The van der Waals surface area contributed by atoms with Gasteiger partial charge in [-0.15, -0.1) is 0 Å². The molecule has 0 heterocycles. The zero-order chi connectivity index (χ0) is 14.2. The third-order valence-corrected chi connectivity index (χ3v) is 4.02. The topological polar surface area (TPSA) is 26.3 Å². The minimum atomic E-state index is -1.78. The highest BCUT2D eigenvalue weighted by molar-refractivity contribution is 6.68. The van der Waals surface area contributed by atoms with E-state index in [0.29, 0.717) is 15.6 Å². The first kappa shape index (κ1) is 15.5. The number of halogens is 5. The van der Waals surface area contributed by atoms with E-state index in [0.717, 1.165) is 12.8 Å². The van der Waals surface area contributed by atoms with Gasteiger partial charge >= 0.3 is 5.97 Å². The Hall–Kier alpha value is 0.140. The minimum Gasteiger partial charge on any atom is -0.453 e. The second kappa shape index (κ2) is 5.87. The van der Waals surface area contributed by atoms with E-state index in [2.05, 4.69) is 0 Å². The maximum Gasteiger partial charge on any atom is 0.309 e. The van der Waals surface area contributed by atoms with Gasteiger partial charge in [-0.3, -0.25) is 4.79 Å². The van der Waals surface area contributed by atoms with E-state index in [1.165, 1.54) is 6.07 Å². The highest BCUT2D eigenvalue weighted by Crippen LogP contribution is 2.45. The van der Waals surface area contributed by atoms with Crippen LogP contribution in [0.3, 0.4) is 0 Å². The molecule has 1 fully saturated rings. The monoisotopic (exact) mass is 360 g/mol. The summed E-state index contributed by atoms with van der Waals surface area (Å²) in [4.78, 5) is 11.7. The largest absolute Gasteiger partial charge is 0.453 e. The highest BCUT2D eigenvalue weighted by Gasteiger charge is 2.41. The van der Waals surface area contributed by atoms with Gasteiger partial charge in [0, 0.05) is 0 Å². The van der Waals surface area contributed by atoms with Crippen LogP contribution in [0.2, 0.25) is 10.0 Å². The molecular formula is C12H9Cl5O2. The molecule has 1 aliphatic carbocycles. The van der Waals surface area contributed by atoms with E-state index in [4.69, 9.17) is 62.7 Å². The molecule has 0 aromatic heterocycles. The Morgan fingerprint density at radius 3 is 2.32 bits per heavy atom. The maximum atomic E-state index is 11.7. The Kier molecular flexibility index (Phi) is 4.79. The summed E-state index contributed by atoms with van der Waals surface area (Å²) in [6.07, 6.45) is 0.611. The van der Waals surface area contributed by atoms with Crippen molar-refractivity contribution in [1.29, 1.82) is 0 Å². The van der Waals surface area contributed by atoms with Gasteiger partial charge in [-0.05, 0) is 30.5 Å². The van der Waals surface area contributed by atoms with Crippen LogP contribution in [0.15, 0.2) is 18.2 Å². The van der Waals surface area contributed by atoms with Gasteiger partial charge in [0.1, 0.15) is 0 Å². The number of carbonyl (C=O) groups is 1. The van der Waals surface area contributed by atoms with Gasteiger partial charge in [-0.2, -0.15) is 0 Å². The number of ether oxygens (including phenoxy) is 1. The molecule has 104 valence electrons. The third-order valence-electron chi connectivity index (χ3n) is 2.69. The average molecular weight is 362 g/mol. The molecule has 0 spiro atoms. The number of esters is 1. The van der Waals surface area contributed by atoms with Gasteiger partial charge in [-0.25, -0.2) is 0 Å². The minimum absolute atomic E-state index is 0.0855. The van der Waals surface area contributed by atoms with Crippen molar-refractivity contribution >= 4 is 64.0 Å². The van der Waals surface area contributed by atoms with E-state index in [9.17, 15) is 4.79 Å². The molecule has 1 aromatic rings. The molecule has 1 aromatic carbocycles. The number of hydrogen-bond donors (Lipinski definition) is 0. The van der Waals surface area contributed by atoms with Crippen molar-refractivity contribution in [3.63, 3.8) is 0 Å². The molecule has 0 N–H and O–H groups in total. The number of carbonyl (C=O) groups excluding carboxylic acids is 1. The Labute approximate surface area is 135 Å². The van der Waals surface area contributed by atoms with Crippen LogP contribution in [-0.2, 0) is 9.53 Å². The zero-order valence-corrected chi connectivity index (χ0v) is 13.3. The van der Waals surface area contributed by atoms with Crippen molar-refractivity contribution in [2.24, 2.45) is 5.92 Å². The first-order valence-corrected chi connectivity index (χ1v) is 7.40. The van der Waals surface area contributed by atoms with E-state index >= 15 is 0 Å². The molecule has 2 rings (SSSR count). The highest BCUT2D eigenvalue weighted by atomic mass is 35.6. The number of hydrogen-bond acceptors (Lipinski definition) is 2. The summed E-state index contributed by atoms with van der Waals surface area (Å²) in [6, 6.07) is 4.70. The lowest BCUT2D eigenvalue weighted by molar-refractivity contribution is -0.150. The van der Waals surface area contributed by atoms with E-state index in [-0.39, 0.29) is 11.9 Å². The van der Waals surface area contributed by atoms with Crippen LogP contribution >= 0.6 is 58.0 Å². The fourth-order valence-corrected chi connectivity index (χ4v) is 2.35. The van der Waals surface area contributed by atoms with Crippen LogP contribution in [0.1, 0.15) is 24.5 Å². The molecular weight excluding hydrogens is 353 g/mol. The molecule has 1 atom stereocenters. The van der Waals surface area contributed by atoms with Crippen LogP contribution in [0.5, 0.6) is 0 Å². The van der Waals surface area contributed by atoms with Crippen molar-refractivity contribution in [2.45, 2.75) is 22.7 Å². The van der Waals surface area contributed by atoms with Crippen LogP contribution in [0.4, 0.5) is 0 Å². The fraction of sp³-hybridized carbons (Fsp3) is 0.417. The first-order chi connectivity index (χ1) is 8.79. The molecule has 0 saturated heterocycles. The summed E-state index contributed by atoms with van der Waals surface area (Å²) >= 11 is 29.4. The third kappa shape index (κ3) is 4.05. The Bertz CT molecular complexity index is 493. The molecule has 0 amide bonds. The van der Waals surface area contributed by atoms with Gasteiger partial charge in [0.2, 0.25) is 3.79 Å². The Morgan fingerprint density at radius 1 is 1.21 bits per heavy atom. The second-order valence-electron chi connectivity index (χ2n) is 4.31. The maximum absolute atomic E-state index is 11.7. The van der Waals surface area contributed by atoms with Gasteiger partial charge in [0.05, 0.1) is 16.0 Å². The molecule has 0 radical (unpaired) electrons. The summed E-state index contributed by atoms with van der Waals surface area (Å²) < 4.78 is 3.51. The number of benzene rings is 1. The lowest BCUT2D eigenvalue weighted by atomic mass is 10.1. The molecule has 0 bridgehead atoms. The van der Waals surface area contributed by atoms with Crippen LogP contribution < -0.4 is 0 Å². The predicted octanol–water partition coefficient (Wildman–Crippen LogP) is 5.36. The summed E-state index contributed by atoms with van der Waals surface area (Å²) in [5.41, 5.74) is 0.489. The van der Waals surface area contributed by atoms with Crippen LogP contribution in [0, 0.1) is 5.92 Å². The SMILES string of the molecule is O=C(OC(c1ccc(Cl)c(Cl)c1)C(Cl)(Cl)Cl)C1CC1. The molecule has 1 unspecified atom stereocenters. The van der Waals surface area contributed by atoms with E-state index < -0.39 is 9.90 Å². The summed E-state index contributed by atoms with van der Waals surface area (Å²) in [6.45, 7) is 0. The number of rotatable bonds is 3. The van der Waals surface area contributed by atoms with Gasteiger partial charge in [-0.1, -0.05) is 64.1 Å². The summed E-state index contributed by atoms with van der Waals surface area (Å²) in [7, 11) is 0. The molecule has 1 aliphatic rings. The number of alkyl halides is 3. The van der Waals surface area contributed by atoms with Crippen molar-refractivity contribution in [2.75, 3.05) is 0 Å². The van der Waals surface area contributed by atoms with Crippen LogP contribution in [-0.4, -0.2) is 9.76 Å². The Balaban J connectivity index is 2.25. The summed E-state index contributed by atoms with van der Waals surface area (Å²) in [5, 5.41) is 0.683. The van der Waals surface area contributed by atoms with E-state index in [1.807, 2.05) is 0 Å². The van der Waals surface area contributed by atoms with Gasteiger partial charge < -0.3 is 4.74 Å². The van der Waals surface area contributed by atoms with Crippen molar-refractivity contribution in [3.05, 3.63) is 33.8 Å². The summed E-state index contributed by atoms with van der Waals surface area (Å²) in [5.74, 6) is -0.444. The Morgan fingerprint density at radius 2 is 1.84 bits per heavy atom. The smallest absolute Gasteiger partial charge is 0.309 e. The fourth-order valence-electron chi connectivity index (χ4n) is 1.53. The lowest BCUT2D eigenvalue weighted by Crippen LogP contribution is -2.24. The standard InChI is InChI=1S/C12H9Cl5O2/c13-8-4-3-7(5-9(8)14)10(12(15,16)17)19-11(18)6-1-2-6/h3-6,10H,1-2H2. The van der Waals surface area contributed by atoms with Crippen LogP contribution in [0.25, 0.3) is 0 Å². The van der Waals surface area contributed by atoms with E-state index in [1.54, 1.807) is 12.1 Å². The molecule has 0 aliphatic heterocycles. The van der Waals surface area contributed by atoms with Gasteiger partial charge in [0.15, 0.2) is 6.10 Å². The average Bonchev–Trinajstić information content (AvgIpc) is 3.12.